The number of aliphatic hydroxyl groups is 1. The number of rotatable bonds is 9. The molecule has 0 bridgehead atoms. The molecule has 9 heteroatoms. The summed E-state index contributed by atoms with van der Waals surface area (Å²) in [7, 11) is 4.06. The predicted molar refractivity (Wildman–Crippen MR) is 135 cm³/mol. The number of primary amides is 1. The number of thiophene rings is 1. The summed E-state index contributed by atoms with van der Waals surface area (Å²) >= 11 is 7.88. The summed E-state index contributed by atoms with van der Waals surface area (Å²) in [6.07, 6.45) is 3.61. The highest BCUT2D eigenvalue weighted by Gasteiger charge is 2.20. The Kier molecular flexibility index (Phi) is 7.23. The van der Waals surface area contributed by atoms with Crippen LogP contribution in [0.1, 0.15) is 34.6 Å². The number of halogens is 1. The smallest absolute Gasteiger partial charge is 0.222 e. The Bertz CT molecular complexity index is 1330. The van der Waals surface area contributed by atoms with E-state index < -0.39 is 5.91 Å². The zero-order valence-electron chi connectivity index (χ0n) is 19.3. The number of amides is 1. The number of ether oxygens (including phenoxy) is 1. The summed E-state index contributed by atoms with van der Waals surface area (Å²) in [5, 5.41) is 9.85. The van der Waals surface area contributed by atoms with Crippen molar-refractivity contribution >= 4 is 34.5 Å². The fraction of sp³-hybridized carbons (Fsp3) is 0.280. The second-order valence-corrected chi connectivity index (χ2v) is 10.0. The summed E-state index contributed by atoms with van der Waals surface area (Å²) < 4.78 is 8.33. The zero-order chi connectivity index (χ0) is 24.4. The van der Waals surface area contributed by atoms with Crippen molar-refractivity contribution in [1.29, 1.82) is 0 Å². The van der Waals surface area contributed by atoms with Crippen LogP contribution in [0.5, 0.6) is 5.75 Å². The lowest BCUT2D eigenvalue weighted by atomic mass is 10.1. The predicted octanol–water partition coefficient (Wildman–Crippen LogP) is 4.44. The van der Waals surface area contributed by atoms with Crippen LogP contribution < -0.4 is 10.5 Å². The Morgan fingerprint density at radius 3 is 2.71 bits per heavy atom. The maximum atomic E-state index is 11.8. The van der Waals surface area contributed by atoms with E-state index in [-0.39, 0.29) is 19.1 Å². The lowest BCUT2D eigenvalue weighted by molar-refractivity contribution is -0.117. The molecule has 0 aliphatic carbocycles. The fourth-order valence-corrected chi connectivity index (χ4v) is 5.30. The molecule has 3 aromatic heterocycles. The molecule has 0 spiro atoms. The number of carbonyl (C=O) groups is 1. The van der Waals surface area contributed by atoms with Gasteiger partial charge >= 0.3 is 0 Å². The number of imidazole rings is 1. The van der Waals surface area contributed by atoms with Gasteiger partial charge < -0.3 is 20.5 Å². The largest absolute Gasteiger partial charge is 0.485 e. The van der Waals surface area contributed by atoms with Crippen LogP contribution in [0.25, 0.3) is 16.2 Å². The highest BCUT2D eigenvalue weighted by molar-refractivity contribution is 7.15. The molecule has 0 aliphatic rings. The van der Waals surface area contributed by atoms with Gasteiger partial charge in [-0.2, -0.15) is 0 Å². The minimum absolute atomic E-state index is 0.0759. The molecule has 0 saturated carbocycles. The van der Waals surface area contributed by atoms with Gasteiger partial charge in [0.2, 0.25) is 5.91 Å². The third-order valence-electron chi connectivity index (χ3n) is 5.41. The van der Waals surface area contributed by atoms with Crippen molar-refractivity contribution in [3.8, 4) is 16.3 Å². The van der Waals surface area contributed by atoms with Crippen molar-refractivity contribution in [2.45, 2.75) is 32.6 Å². The number of hydrogen-bond donors (Lipinski definition) is 2. The van der Waals surface area contributed by atoms with Crippen LogP contribution >= 0.6 is 22.9 Å². The van der Waals surface area contributed by atoms with Crippen LogP contribution in [0.3, 0.4) is 0 Å². The fourth-order valence-electron chi connectivity index (χ4n) is 3.84. The van der Waals surface area contributed by atoms with E-state index in [9.17, 15) is 9.90 Å². The minimum atomic E-state index is -0.428. The van der Waals surface area contributed by atoms with Gasteiger partial charge in [-0.05, 0) is 44.3 Å². The molecule has 1 atom stereocenters. The van der Waals surface area contributed by atoms with Gasteiger partial charge in [0.1, 0.15) is 17.5 Å². The monoisotopic (exact) mass is 498 g/mol. The number of nitrogens with zero attached hydrogens (tertiary/aromatic N) is 3. The Balaban J connectivity index is 1.70. The van der Waals surface area contributed by atoms with Crippen LogP contribution in [-0.2, 0) is 24.4 Å². The molecule has 3 N–H and O–H groups in total. The van der Waals surface area contributed by atoms with E-state index in [2.05, 4.69) is 26.5 Å². The highest BCUT2D eigenvalue weighted by Crippen LogP contribution is 2.39. The van der Waals surface area contributed by atoms with E-state index in [1.165, 1.54) is 11.3 Å². The molecule has 0 radical (unpaired) electrons. The first-order valence-electron chi connectivity index (χ1n) is 10.8. The van der Waals surface area contributed by atoms with Crippen LogP contribution in [0.15, 0.2) is 48.8 Å². The van der Waals surface area contributed by atoms with Crippen LogP contribution in [0, 0.1) is 0 Å². The summed E-state index contributed by atoms with van der Waals surface area (Å²) in [6, 6.07) is 11.4. The van der Waals surface area contributed by atoms with E-state index in [4.69, 9.17) is 22.1 Å². The summed E-state index contributed by atoms with van der Waals surface area (Å²) in [6.45, 7) is 2.63. The summed E-state index contributed by atoms with van der Waals surface area (Å²) in [4.78, 5) is 20.1. The molecule has 4 rings (SSSR count). The van der Waals surface area contributed by atoms with Crippen LogP contribution in [-0.4, -0.2) is 39.4 Å². The number of aliphatic hydroxyl groups excluding tert-OH is 1. The lowest BCUT2D eigenvalue weighted by Gasteiger charge is -2.17. The van der Waals surface area contributed by atoms with Crippen molar-refractivity contribution in [2.24, 2.45) is 5.73 Å². The standard InChI is InChI=1S/C25H27ClN4O3S/c1-15(18-6-4-16(14-31)8-19(18)26)33-21-9-22(34-23(21)10-24(27)32)20-11-28-25-7-5-17(12-29(2)3)13-30(20)25/h4-9,11,13,15,31H,10,12,14H2,1-3H3,(H2,27,32)/t15-/m1/s1. The number of nitrogens with two attached hydrogens (primary N) is 1. The second-order valence-electron chi connectivity index (χ2n) is 8.46. The van der Waals surface area contributed by atoms with Gasteiger partial charge in [-0.1, -0.05) is 29.8 Å². The summed E-state index contributed by atoms with van der Waals surface area (Å²) in [5.74, 6) is 0.163. The minimum Gasteiger partial charge on any atom is -0.485 e. The topological polar surface area (TPSA) is 93.1 Å². The third-order valence-corrected chi connectivity index (χ3v) is 6.88. The first-order chi connectivity index (χ1) is 16.2. The van der Waals surface area contributed by atoms with Gasteiger partial charge in [-0.15, -0.1) is 11.3 Å². The van der Waals surface area contributed by atoms with E-state index in [1.54, 1.807) is 6.07 Å². The first-order valence-corrected chi connectivity index (χ1v) is 12.0. The molecule has 34 heavy (non-hydrogen) atoms. The van der Waals surface area contributed by atoms with E-state index >= 15 is 0 Å². The molecule has 0 aliphatic heterocycles. The molecule has 0 unspecified atom stereocenters. The van der Waals surface area contributed by atoms with Crippen molar-refractivity contribution in [2.75, 3.05) is 14.1 Å². The van der Waals surface area contributed by atoms with E-state index in [0.717, 1.165) is 44.3 Å². The van der Waals surface area contributed by atoms with Crippen molar-refractivity contribution < 1.29 is 14.6 Å². The molecule has 178 valence electrons. The Labute approximate surface area is 207 Å². The number of fused-ring (bicyclic) bond motifs is 1. The van der Waals surface area contributed by atoms with Crippen molar-refractivity contribution in [3.63, 3.8) is 0 Å². The maximum absolute atomic E-state index is 11.8. The van der Waals surface area contributed by atoms with E-state index in [0.29, 0.717) is 10.8 Å². The first kappa shape index (κ1) is 24.2. The third kappa shape index (κ3) is 5.26. The number of hydrogen-bond acceptors (Lipinski definition) is 6. The van der Waals surface area contributed by atoms with Gasteiger partial charge in [0.05, 0.1) is 34.7 Å². The second kappa shape index (κ2) is 10.1. The number of aromatic nitrogens is 2. The maximum Gasteiger partial charge on any atom is 0.222 e. The summed E-state index contributed by atoms with van der Waals surface area (Å²) in [5.41, 5.74) is 9.96. The van der Waals surface area contributed by atoms with Gasteiger partial charge in [0, 0.05) is 29.4 Å². The molecule has 4 aromatic rings. The Morgan fingerprint density at radius 1 is 1.26 bits per heavy atom. The molecule has 3 heterocycles. The quantitative estimate of drug-likeness (QED) is 0.356. The van der Waals surface area contributed by atoms with Gasteiger partial charge in [-0.25, -0.2) is 4.98 Å². The normalized spacial score (nSPS) is 12.4. The SMILES string of the molecule is C[C@@H](Oc1cc(-c2cnc3ccc(CN(C)C)cn23)sc1CC(N)=O)c1ccc(CO)cc1Cl. The van der Waals surface area contributed by atoms with Crippen LogP contribution in [0.2, 0.25) is 5.02 Å². The molecule has 0 fully saturated rings. The zero-order valence-corrected chi connectivity index (χ0v) is 20.9. The van der Waals surface area contributed by atoms with Gasteiger partial charge in [0.15, 0.2) is 0 Å². The number of pyridine rings is 1. The number of carbonyl (C=O) groups excluding carboxylic acids is 1. The van der Waals surface area contributed by atoms with Crippen molar-refractivity contribution in [3.05, 3.63) is 75.4 Å². The average molecular weight is 499 g/mol. The molecule has 0 saturated heterocycles. The molecule has 7 nitrogen and oxygen atoms in total. The number of benzene rings is 1. The van der Waals surface area contributed by atoms with Gasteiger partial charge in [-0.3, -0.25) is 9.20 Å². The van der Waals surface area contributed by atoms with Crippen molar-refractivity contribution in [1.82, 2.24) is 14.3 Å². The van der Waals surface area contributed by atoms with E-state index in [1.807, 2.05) is 51.5 Å². The molecule has 1 aromatic carbocycles. The molecule has 1 amide bonds. The molecular formula is C25H27ClN4O3S. The Hall–Kier alpha value is -2.91. The Morgan fingerprint density at radius 2 is 2.03 bits per heavy atom. The molecular weight excluding hydrogens is 472 g/mol. The highest BCUT2D eigenvalue weighted by atomic mass is 35.5. The van der Waals surface area contributed by atoms with Crippen LogP contribution in [0.4, 0.5) is 0 Å². The van der Waals surface area contributed by atoms with Gasteiger partial charge in [0.25, 0.3) is 0 Å². The average Bonchev–Trinajstić information content (AvgIpc) is 3.36. The lowest BCUT2D eigenvalue weighted by Crippen LogP contribution is -2.14.